The van der Waals surface area contributed by atoms with E-state index in [1.165, 1.54) is 13.4 Å². The van der Waals surface area contributed by atoms with Gasteiger partial charge >= 0.3 is 5.97 Å². The van der Waals surface area contributed by atoms with Crippen LogP contribution in [-0.4, -0.2) is 57.8 Å². The number of rotatable bonds is 7. The van der Waals surface area contributed by atoms with Crippen molar-refractivity contribution in [2.24, 2.45) is 5.92 Å². The number of benzene rings is 2. The molecule has 0 saturated heterocycles. The SMILES string of the molecule is CCC(O)(CC)C(=O)N[C@H]1Cc2ccc3c(c2)[C@@]2(c4ccccc4NC2O3)c2oc(nc2-c2nc(C(=O)OC)co2)[C@H](C(C)C)NC1=O. The summed E-state index contributed by atoms with van der Waals surface area (Å²) in [6, 6.07) is 11.6. The number of hydrogen-bond acceptors (Lipinski definition) is 11. The van der Waals surface area contributed by atoms with Crippen LogP contribution in [0.5, 0.6) is 5.75 Å². The predicted molar refractivity (Wildman–Crippen MR) is 171 cm³/mol. The highest BCUT2D eigenvalue weighted by molar-refractivity contribution is 5.92. The minimum absolute atomic E-state index is 0.0229. The molecule has 4 aromatic rings. The van der Waals surface area contributed by atoms with Crippen LogP contribution < -0.4 is 20.7 Å². The van der Waals surface area contributed by atoms with Crippen molar-refractivity contribution in [1.82, 2.24) is 20.6 Å². The van der Waals surface area contributed by atoms with Crippen molar-refractivity contribution < 1.29 is 37.8 Å². The third kappa shape index (κ3) is 4.67. The van der Waals surface area contributed by atoms with Gasteiger partial charge in [-0.15, -0.1) is 0 Å². The van der Waals surface area contributed by atoms with Gasteiger partial charge < -0.3 is 39.4 Å². The summed E-state index contributed by atoms with van der Waals surface area (Å²) in [6.07, 6.45) is 1.04. The van der Waals surface area contributed by atoms with E-state index in [2.05, 4.69) is 20.9 Å². The quantitative estimate of drug-likeness (QED) is 0.212. The number of hydrogen-bond donors (Lipinski definition) is 4. The lowest BCUT2D eigenvalue weighted by Crippen LogP contribution is -2.55. The Kier molecular flexibility index (Phi) is 7.54. The number of para-hydroxylation sites is 1. The number of fused-ring (bicyclic) bond motifs is 4. The second kappa shape index (κ2) is 11.5. The minimum Gasteiger partial charge on any atom is -0.469 e. The molecule has 250 valence electrons. The van der Waals surface area contributed by atoms with Crippen molar-refractivity contribution >= 4 is 23.5 Å². The molecule has 7 rings (SSSR count). The Hall–Kier alpha value is -5.17. The molecule has 0 aliphatic carbocycles. The first-order chi connectivity index (χ1) is 23.0. The van der Waals surface area contributed by atoms with Crippen LogP contribution in [-0.2, 0) is 26.2 Å². The Bertz CT molecular complexity index is 1930. The van der Waals surface area contributed by atoms with E-state index >= 15 is 0 Å². The number of amides is 2. The maximum absolute atomic E-state index is 14.1. The lowest BCUT2D eigenvalue weighted by atomic mass is 9.72. The van der Waals surface area contributed by atoms with E-state index in [9.17, 15) is 19.5 Å². The molecule has 4 atom stereocenters. The zero-order valence-electron chi connectivity index (χ0n) is 27.2. The van der Waals surface area contributed by atoms with E-state index in [-0.39, 0.29) is 48.3 Å². The van der Waals surface area contributed by atoms with Crippen LogP contribution in [0.15, 0.2) is 57.6 Å². The molecule has 1 unspecified atom stereocenters. The topological polar surface area (TPSA) is 178 Å². The van der Waals surface area contributed by atoms with Crippen LogP contribution in [0.25, 0.3) is 11.6 Å². The molecule has 4 N–H and O–H groups in total. The van der Waals surface area contributed by atoms with Gasteiger partial charge in [0.1, 0.15) is 35.1 Å². The molecule has 13 nitrogen and oxygen atoms in total. The molecular formula is C35H37N5O8. The highest BCUT2D eigenvalue weighted by atomic mass is 16.5. The van der Waals surface area contributed by atoms with E-state index < -0.39 is 47.1 Å². The average Bonchev–Trinajstić information content (AvgIpc) is 3.86. The Morgan fingerprint density at radius 2 is 1.90 bits per heavy atom. The van der Waals surface area contributed by atoms with Crippen molar-refractivity contribution in [2.75, 3.05) is 12.4 Å². The fourth-order valence-electron chi connectivity index (χ4n) is 6.89. The highest BCUT2D eigenvalue weighted by Gasteiger charge is 2.61. The van der Waals surface area contributed by atoms with Crippen LogP contribution in [0.4, 0.5) is 5.69 Å². The minimum atomic E-state index is -1.63. The van der Waals surface area contributed by atoms with E-state index in [1.54, 1.807) is 13.8 Å². The number of methoxy groups -OCH3 is 1. The number of nitrogens with zero attached hydrogens (tertiary/aromatic N) is 2. The molecule has 0 saturated carbocycles. The maximum atomic E-state index is 14.1. The second-order valence-electron chi connectivity index (χ2n) is 12.8. The molecule has 13 heteroatoms. The molecule has 2 aromatic heterocycles. The van der Waals surface area contributed by atoms with Crippen molar-refractivity contribution in [3.05, 3.63) is 82.8 Å². The van der Waals surface area contributed by atoms with E-state index in [1.807, 2.05) is 56.3 Å². The molecule has 1 spiro atoms. The monoisotopic (exact) mass is 655 g/mol. The van der Waals surface area contributed by atoms with Gasteiger partial charge in [-0.3, -0.25) is 9.59 Å². The lowest BCUT2D eigenvalue weighted by Gasteiger charge is -2.30. The number of nitrogens with one attached hydrogen (secondary N) is 3. The van der Waals surface area contributed by atoms with Crippen LogP contribution in [0.1, 0.15) is 85.4 Å². The summed E-state index contributed by atoms with van der Waals surface area (Å²) in [5.74, 6) is -0.852. The summed E-state index contributed by atoms with van der Waals surface area (Å²) >= 11 is 0. The van der Waals surface area contributed by atoms with Gasteiger partial charge in [-0.2, -0.15) is 0 Å². The number of ether oxygens (including phenoxy) is 2. The number of carbonyl (C=O) groups excluding carboxylic acids is 3. The molecule has 2 aromatic carbocycles. The van der Waals surface area contributed by atoms with Crippen molar-refractivity contribution in [3.63, 3.8) is 0 Å². The molecule has 48 heavy (non-hydrogen) atoms. The van der Waals surface area contributed by atoms with Crippen molar-refractivity contribution in [2.45, 2.75) is 76.3 Å². The lowest BCUT2D eigenvalue weighted by molar-refractivity contribution is -0.143. The van der Waals surface area contributed by atoms with E-state index in [4.69, 9.17) is 23.3 Å². The fraction of sp³-hybridized carbons (Fsp3) is 0.400. The van der Waals surface area contributed by atoms with Gasteiger partial charge in [-0.25, -0.2) is 14.8 Å². The van der Waals surface area contributed by atoms with E-state index in [0.717, 1.165) is 22.4 Å². The van der Waals surface area contributed by atoms with Crippen LogP contribution >= 0.6 is 0 Å². The Morgan fingerprint density at radius 1 is 1.12 bits per heavy atom. The van der Waals surface area contributed by atoms with Crippen molar-refractivity contribution in [3.8, 4) is 17.3 Å². The molecular weight excluding hydrogens is 618 g/mol. The molecule has 5 heterocycles. The first-order valence-electron chi connectivity index (χ1n) is 16.1. The number of oxazole rings is 2. The Labute approximate surface area is 276 Å². The molecule has 2 amide bonds. The second-order valence-corrected chi connectivity index (χ2v) is 12.8. The fourth-order valence-corrected chi connectivity index (χ4v) is 6.89. The van der Waals surface area contributed by atoms with Gasteiger partial charge in [-0.05, 0) is 42.0 Å². The molecule has 0 radical (unpaired) electrons. The number of anilines is 1. The number of aromatic nitrogens is 2. The number of aliphatic hydroxyl groups is 1. The molecule has 3 aliphatic rings. The van der Waals surface area contributed by atoms with Crippen LogP contribution in [0.2, 0.25) is 0 Å². The van der Waals surface area contributed by atoms with Crippen LogP contribution in [0.3, 0.4) is 0 Å². The highest BCUT2D eigenvalue weighted by Crippen LogP contribution is 2.59. The first kappa shape index (κ1) is 31.4. The summed E-state index contributed by atoms with van der Waals surface area (Å²) in [4.78, 5) is 49.1. The first-order valence-corrected chi connectivity index (χ1v) is 16.1. The number of carbonyl (C=O) groups is 3. The van der Waals surface area contributed by atoms with Gasteiger partial charge in [-0.1, -0.05) is 58.0 Å². The maximum Gasteiger partial charge on any atom is 0.360 e. The van der Waals surface area contributed by atoms with E-state index in [0.29, 0.717) is 11.5 Å². The summed E-state index contributed by atoms with van der Waals surface area (Å²) < 4.78 is 24.0. The van der Waals surface area contributed by atoms with Gasteiger partial charge in [0.15, 0.2) is 23.4 Å². The number of esters is 1. The smallest absolute Gasteiger partial charge is 0.360 e. The third-order valence-electron chi connectivity index (χ3n) is 9.73. The Balaban J connectivity index is 1.47. The Morgan fingerprint density at radius 3 is 2.62 bits per heavy atom. The summed E-state index contributed by atoms with van der Waals surface area (Å²) in [6.45, 7) is 7.27. The standard InChI is InChI=1S/C35H37N5O8/c1-6-34(44,7-2)32(43)37-22-15-18-12-13-24-20(14-18)35(19-10-8-9-11-21(19)38-33(35)47-24)27-26(29-36-23(16-46-29)31(42)45-5)40-30(48-27)25(17(3)4)39-28(22)41/h8-14,16-17,22,25,33,38,44H,6-7,15H2,1-5H3,(H,37,43)(H,39,41)/t22-,25-,33?,35-/m0/s1. The zero-order chi connectivity index (χ0) is 34.0. The predicted octanol–water partition coefficient (Wildman–Crippen LogP) is 4.00. The van der Waals surface area contributed by atoms with Gasteiger partial charge in [0, 0.05) is 17.7 Å². The molecule has 0 fully saturated rings. The van der Waals surface area contributed by atoms with Crippen molar-refractivity contribution in [1.29, 1.82) is 0 Å². The van der Waals surface area contributed by atoms with Gasteiger partial charge in [0.2, 0.25) is 17.7 Å². The summed E-state index contributed by atoms with van der Waals surface area (Å²) in [5.41, 5.74) is 0.628. The van der Waals surface area contributed by atoms with Gasteiger partial charge in [0.05, 0.1) is 7.11 Å². The molecule has 4 bridgehead atoms. The largest absolute Gasteiger partial charge is 0.469 e. The van der Waals surface area contributed by atoms with Crippen LogP contribution in [0, 0.1) is 5.92 Å². The third-order valence-corrected chi connectivity index (χ3v) is 9.73. The molecule has 3 aliphatic heterocycles. The summed E-state index contributed by atoms with van der Waals surface area (Å²) in [5, 5.41) is 20.4. The average molecular weight is 656 g/mol. The summed E-state index contributed by atoms with van der Waals surface area (Å²) in [7, 11) is 1.25. The zero-order valence-corrected chi connectivity index (χ0v) is 27.2. The van der Waals surface area contributed by atoms with Gasteiger partial charge in [0.25, 0.3) is 5.91 Å². The normalized spacial score (nSPS) is 22.4.